The van der Waals surface area contributed by atoms with E-state index in [2.05, 4.69) is 15.3 Å². The number of hydrogen-bond acceptors (Lipinski definition) is 5. The Kier molecular flexibility index (Phi) is 5.27. The second-order valence-electron chi connectivity index (χ2n) is 4.71. The van der Waals surface area contributed by atoms with Crippen LogP contribution in [0, 0.1) is 0 Å². The normalized spacial score (nSPS) is 13.0. The zero-order valence-corrected chi connectivity index (χ0v) is 13.2. The first-order valence-corrected chi connectivity index (χ1v) is 7.74. The Morgan fingerprint density at radius 2 is 2.17 bits per heavy atom. The number of anilines is 1. The summed E-state index contributed by atoms with van der Waals surface area (Å²) >= 11 is -2.10. The molecule has 1 atom stereocenters. The second-order valence-corrected chi connectivity index (χ2v) is 5.64. The minimum Gasteiger partial charge on any atom is -0.398 e. The van der Waals surface area contributed by atoms with Crippen molar-refractivity contribution in [1.82, 2.24) is 10.3 Å². The molecule has 0 aliphatic rings. The van der Waals surface area contributed by atoms with Gasteiger partial charge in [0.25, 0.3) is 5.56 Å². The SMILES string of the molecule is CNCc1cc(N=C(N)c2c(N)cc[nH]c2=O)ccc1S(=O)O. The number of aromatic nitrogens is 1. The summed E-state index contributed by atoms with van der Waals surface area (Å²) in [6, 6.07) is 6.18. The highest BCUT2D eigenvalue weighted by atomic mass is 32.2. The van der Waals surface area contributed by atoms with E-state index in [1.807, 2.05) is 0 Å². The number of pyridine rings is 1. The molecule has 0 aliphatic carbocycles. The highest BCUT2D eigenvalue weighted by molar-refractivity contribution is 7.79. The third-order valence-corrected chi connectivity index (χ3v) is 3.87. The van der Waals surface area contributed by atoms with Crippen LogP contribution in [0.3, 0.4) is 0 Å². The van der Waals surface area contributed by atoms with Crippen LogP contribution in [0.2, 0.25) is 0 Å². The van der Waals surface area contributed by atoms with Crippen LogP contribution in [-0.2, 0) is 17.6 Å². The van der Waals surface area contributed by atoms with E-state index in [0.29, 0.717) is 17.8 Å². The Morgan fingerprint density at radius 1 is 1.43 bits per heavy atom. The molecular formula is C14H17N5O3S. The first-order chi connectivity index (χ1) is 10.9. The lowest BCUT2D eigenvalue weighted by molar-refractivity contribution is 0.562. The number of nitrogen functional groups attached to an aromatic ring is 1. The van der Waals surface area contributed by atoms with E-state index in [1.54, 1.807) is 19.2 Å². The third kappa shape index (κ3) is 3.83. The van der Waals surface area contributed by atoms with Gasteiger partial charge < -0.3 is 26.3 Å². The van der Waals surface area contributed by atoms with Crippen LogP contribution in [0.15, 0.2) is 45.1 Å². The Labute approximate surface area is 134 Å². The van der Waals surface area contributed by atoms with Gasteiger partial charge in [0.2, 0.25) is 0 Å². The zero-order valence-electron chi connectivity index (χ0n) is 12.4. The number of nitrogens with zero attached hydrogens (tertiary/aromatic N) is 1. The molecule has 0 bridgehead atoms. The van der Waals surface area contributed by atoms with Crippen molar-refractivity contribution in [3.63, 3.8) is 0 Å². The maximum absolute atomic E-state index is 11.8. The van der Waals surface area contributed by atoms with E-state index in [0.717, 1.165) is 0 Å². The molecule has 1 unspecified atom stereocenters. The lowest BCUT2D eigenvalue weighted by atomic mass is 10.2. The number of H-pyrrole nitrogens is 1. The van der Waals surface area contributed by atoms with Gasteiger partial charge in [0.15, 0.2) is 11.1 Å². The molecule has 2 aromatic rings. The summed E-state index contributed by atoms with van der Waals surface area (Å²) in [5.41, 5.74) is 12.6. The van der Waals surface area contributed by atoms with Crippen molar-refractivity contribution >= 4 is 28.3 Å². The van der Waals surface area contributed by atoms with Gasteiger partial charge in [0, 0.05) is 18.4 Å². The number of amidine groups is 1. The number of nitrogens with two attached hydrogens (primary N) is 2. The average Bonchev–Trinajstić information content (AvgIpc) is 2.47. The first-order valence-electron chi connectivity index (χ1n) is 6.64. The van der Waals surface area contributed by atoms with Gasteiger partial charge >= 0.3 is 0 Å². The predicted molar refractivity (Wildman–Crippen MR) is 90.1 cm³/mol. The molecule has 0 saturated heterocycles. The van der Waals surface area contributed by atoms with Gasteiger partial charge in [-0.2, -0.15) is 0 Å². The van der Waals surface area contributed by atoms with Gasteiger partial charge in [-0.1, -0.05) is 0 Å². The van der Waals surface area contributed by atoms with Crippen LogP contribution in [0.1, 0.15) is 11.1 Å². The number of aliphatic imine (C=N–C) groups is 1. The topological polar surface area (TPSA) is 147 Å². The molecule has 0 fully saturated rings. The fraction of sp³-hybridized carbons (Fsp3) is 0.143. The molecule has 23 heavy (non-hydrogen) atoms. The van der Waals surface area contributed by atoms with Gasteiger partial charge in [-0.05, 0) is 36.9 Å². The van der Waals surface area contributed by atoms with Crippen LogP contribution in [0.25, 0.3) is 0 Å². The minimum absolute atomic E-state index is 0.0300. The molecule has 1 heterocycles. The quantitative estimate of drug-likeness (QED) is 0.301. The lowest BCUT2D eigenvalue weighted by Gasteiger charge is -2.08. The summed E-state index contributed by atoms with van der Waals surface area (Å²) in [7, 11) is 1.72. The first kappa shape index (κ1) is 16.9. The molecule has 0 amide bonds. The molecule has 2 rings (SSSR count). The molecule has 0 radical (unpaired) electrons. The molecular weight excluding hydrogens is 318 g/mol. The fourth-order valence-corrected chi connectivity index (χ4v) is 2.63. The van der Waals surface area contributed by atoms with E-state index in [4.69, 9.17) is 11.5 Å². The van der Waals surface area contributed by atoms with Gasteiger partial charge in [-0.25, -0.2) is 9.20 Å². The van der Waals surface area contributed by atoms with Crippen molar-refractivity contribution in [2.24, 2.45) is 10.7 Å². The molecule has 0 spiro atoms. The highest BCUT2D eigenvalue weighted by Crippen LogP contribution is 2.21. The van der Waals surface area contributed by atoms with Crippen LogP contribution in [-0.4, -0.2) is 26.6 Å². The number of hydrogen-bond donors (Lipinski definition) is 5. The van der Waals surface area contributed by atoms with Crippen molar-refractivity contribution in [1.29, 1.82) is 0 Å². The van der Waals surface area contributed by atoms with Crippen molar-refractivity contribution < 1.29 is 8.76 Å². The van der Waals surface area contributed by atoms with E-state index < -0.39 is 16.6 Å². The van der Waals surface area contributed by atoms with Crippen molar-refractivity contribution in [2.45, 2.75) is 11.4 Å². The van der Waals surface area contributed by atoms with Crippen LogP contribution >= 0.6 is 0 Å². The summed E-state index contributed by atoms with van der Waals surface area (Å²) in [5, 5.41) is 2.91. The molecule has 8 nitrogen and oxygen atoms in total. The maximum Gasteiger partial charge on any atom is 0.261 e. The highest BCUT2D eigenvalue weighted by Gasteiger charge is 2.11. The van der Waals surface area contributed by atoms with Gasteiger partial charge in [0.1, 0.15) is 11.4 Å². The van der Waals surface area contributed by atoms with E-state index in [1.165, 1.54) is 18.3 Å². The lowest BCUT2D eigenvalue weighted by Crippen LogP contribution is -2.25. The van der Waals surface area contributed by atoms with Gasteiger partial charge in [-0.3, -0.25) is 4.79 Å². The monoisotopic (exact) mass is 335 g/mol. The van der Waals surface area contributed by atoms with Crippen LogP contribution in [0.5, 0.6) is 0 Å². The van der Waals surface area contributed by atoms with Crippen molar-refractivity contribution in [2.75, 3.05) is 12.8 Å². The van der Waals surface area contributed by atoms with E-state index in [-0.39, 0.29) is 22.0 Å². The van der Waals surface area contributed by atoms with Crippen LogP contribution < -0.4 is 22.3 Å². The largest absolute Gasteiger partial charge is 0.398 e. The smallest absolute Gasteiger partial charge is 0.261 e. The second kappa shape index (κ2) is 7.18. The Balaban J connectivity index is 2.48. The van der Waals surface area contributed by atoms with Crippen LogP contribution in [0.4, 0.5) is 11.4 Å². The summed E-state index contributed by atoms with van der Waals surface area (Å²) < 4.78 is 20.6. The number of aromatic amines is 1. The third-order valence-electron chi connectivity index (χ3n) is 3.10. The van der Waals surface area contributed by atoms with E-state index >= 15 is 0 Å². The predicted octanol–water partition coefficient (Wildman–Crippen LogP) is 0.294. The van der Waals surface area contributed by atoms with Crippen molar-refractivity contribution in [3.05, 3.63) is 51.9 Å². The Morgan fingerprint density at radius 3 is 2.78 bits per heavy atom. The van der Waals surface area contributed by atoms with Gasteiger partial charge in [0.05, 0.1) is 10.6 Å². The number of nitrogens with one attached hydrogen (secondary N) is 2. The standard InChI is InChI=1S/C14H17N5O3S/c1-17-7-8-6-9(2-3-11(8)23(21)22)19-13(16)12-10(15)4-5-18-14(12)20/h2-6,17H,7H2,1H3,(H2,16,19)(H,21,22)(H3,15,18,20). The van der Waals surface area contributed by atoms with Gasteiger partial charge in [-0.15, -0.1) is 0 Å². The Bertz CT molecular complexity index is 831. The summed E-state index contributed by atoms with van der Waals surface area (Å²) in [5.74, 6) is -0.0300. The summed E-state index contributed by atoms with van der Waals surface area (Å²) in [6.45, 7) is 0.388. The fourth-order valence-electron chi connectivity index (χ4n) is 2.09. The molecule has 0 aliphatic heterocycles. The minimum atomic E-state index is -2.10. The molecule has 9 heteroatoms. The Hall–Kier alpha value is -2.49. The summed E-state index contributed by atoms with van der Waals surface area (Å²) in [6.07, 6.45) is 1.42. The van der Waals surface area contributed by atoms with Crippen molar-refractivity contribution in [3.8, 4) is 0 Å². The van der Waals surface area contributed by atoms with E-state index in [9.17, 15) is 13.6 Å². The number of benzene rings is 1. The zero-order chi connectivity index (χ0) is 17.0. The molecule has 0 saturated carbocycles. The molecule has 7 N–H and O–H groups in total. The molecule has 1 aromatic heterocycles. The molecule has 1 aromatic carbocycles. The summed E-state index contributed by atoms with van der Waals surface area (Å²) in [4.78, 5) is 18.8. The maximum atomic E-state index is 11.8. The molecule has 122 valence electrons. The average molecular weight is 335 g/mol. The number of rotatable bonds is 5.